The van der Waals surface area contributed by atoms with E-state index in [0.29, 0.717) is 17.9 Å². The molecule has 0 spiro atoms. The van der Waals surface area contributed by atoms with Gasteiger partial charge in [0.15, 0.2) is 0 Å². The van der Waals surface area contributed by atoms with E-state index in [1.165, 1.54) is 0 Å². The molecule has 1 aromatic carbocycles. The summed E-state index contributed by atoms with van der Waals surface area (Å²) in [7, 11) is 3.67. The number of hydrogen-bond acceptors (Lipinski definition) is 3. The maximum atomic E-state index is 12.4. The highest BCUT2D eigenvalue weighted by atomic mass is 35.5. The van der Waals surface area contributed by atoms with Gasteiger partial charge in [-0.1, -0.05) is 11.6 Å². The number of carbonyl (C=O) groups excluding carboxylic acids is 1. The molecule has 6 nitrogen and oxygen atoms in total. The average Bonchev–Trinajstić information content (AvgIpc) is 3.16. The van der Waals surface area contributed by atoms with Crippen molar-refractivity contribution in [2.75, 3.05) is 7.05 Å². The summed E-state index contributed by atoms with van der Waals surface area (Å²) in [4.78, 5) is 22.0. The summed E-state index contributed by atoms with van der Waals surface area (Å²) in [5, 5.41) is 4.78. The molecule has 24 heavy (non-hydrogen) atoms. The summed E-state index contributed by atoms with van der Waals surface area (Å²) in [5.41, 5.74) is 2.78. The molecule has 0 aliphatic carbocycles. The van der Waals surface area contributed by atoms with Gasteiger partial charge < -0.3 is 9.88 Å². The summed E-state index contributed by atoms with van der Waals surface area (Å²) in [5.74, 6) is 0.828. The molecule has 0 aliphatic heterocycles. The molecular formula is C17H20ClN5O. The normalized spacial score (nSPS) is 12.5. The first-order valence-electron chi connectivity index (χ1n) is 7.82. The van der Waals surface area contributed by atoms with Crippen LogP contribution in [-0.4, -0.2) is 37.6 Å². The van der Waals surface area contributed by atoms with E-state index in [2.05, 4.69) is 15.1 Å². The SMILES string of the molecule is CC(c1nc2ccc(Cl)cc2[nH]1)N(C)C(=O)CCc1cnn(C)c1. The number of H-pyrrole nitrogens is 1. The van der Waals surface area contributed by atoms with Crippen LogP contribution < -0.4 is 0 Å². The molecule has 0 saturated carbocycles. The van der Waals surface area contributed by atoms with E-state index >= 15 is 0 Å². The highest BCUT2D eigenvalue weighted by molar-refractivity contribution is 6.31. The van der Waals surface area contributed by atoms with Gasteiger partial charge in [0.25, 0.3) is 0 Å². The number of hydrogen-bond donors (Lipinski definition) is 1. The number of carbonyl (C=O) groups is 1. The zero-order valence-corrected chi connectivity index (χ0v) is 14.7. The number of rotatable bonds is 5. The third kappa shape index (κ3) is 3.43. The third-order valence-corrected chi connectivity index (χ3v) is 4.45. The smallest absolute Gasteiger partial charge is 0.223 e. The molecule has 0 saturated heterocycles. The Hall–Kier alpha value is -2.34. The average molecular weight is 346 g/mol. The first-order valence-corrected chi connectivity index (χ1v) is 8.20. The zero-order valence-electron chi connectivity index (χ0n) is 14.0. The molecule has 0 bridgehead atoms. The molecule has 0 radical (unpaired) electrons. The Morgan fingerprint density at radius 2 is 2.25 bits per heavy atom. The van der Waals surface area contributed by atoms with Crippen LogP contribution in [0.4, 0.5) is 0 Å². The maximum Gasteiger partial charge on any atom is 0.223 e. The number of imidazole rings is 1. The summed E-state index contributed by atoms with van der Waals surface area (Å²) in [6.07, 6.45) is 4.84. The van der Waals surface area contributed by atoms with Gasteiger partial charge in [-0.25, -0.2) is 4.98 Å². The Kier molecular flexibility index (Phi) is 4.57. The highest BCUT2D eigenvalue weighted by Gasteiger charge is 2.20. The van der Waals surface area contributed by atoms with Crippen LogP contribution in [0, 0.1) is 0 Å². The molecule has 0 fully saturated rings. The lowest BCUT2D eigenvalue weighted by Crippen LogP contribution is -2.30. The zero-order chi connectivity index (χ0) is 17.3. The van der Waals surface area contributed by atoms with Crippen molar-refractivity contribution in [3.63, 3.8) is 0 Å². The highest BCUT2D eigenvalue weighted by Crippen LogP contribution is 2.23. The van der Waals surface area contributed by atoms with E-state index in [9.17, 15) is 4.79 Å². The Labute approximate surface area is 145 Å². The molecule has 1 unspecified atom stereocenters. The lowest BCUT2D eigenvalue weighted by Gasteiger charge is -2.23. The van der Waals surface area contributed by atoms with Crippen LogP contribution in [0.3, 0.4) is 0 Å². The second kappa shape index (κ2) is 6.65. The number of benzene rings is 1. The number of amides is 1. The van der Waals surface area contributed by atoms with Crippen LogP contribution in [0.15, 0.2) is 30.6 Å². The molecule has 3 aromatic rings. The first-order chi connectivity index (χ1) is 11.4. The summed E-state index contributed by atoms with van der Waals surface area (Å²) < 4.78 is 1.74. The number of aryl methyl sites for hydroxylation is 2. The van der Waals surface area contributed by atoms with Crippen LogP contribution >= 0.6 is 11.6 Å². The number of aromatic nitrogens is 4. The minimum Gasteiger partial charge on any atom is -0.340 e. The number of nitrogens with zero attached hydrogens (tertiary/aromatic N) is 4. The van der Waals surface area contributed by atoms with Crippen LogP contribution in [0.25, 0.3) is 11.0 Å². The number of aromatic amines is 1. The second-order valence-corrected chi connectivity index (χ2v) is 6.42. The third-order valence-electron chi connectivity index (χ3n) is 4.22. The molecule has 2 aromatic heterocycles. The molecule has 7 heteroatoms. The van der Waals surface area contributed by atoms with E-state index in [-0.39, 0.29) is 11.9 Å². The van der Waals surface area contributed by atoms with Crippen molar-refractivity contribution in [1.29, 1.82) is 0 Å². The molecule has 126 valence electrons. The fraction of sp³-hybridized carbons (Fsp3) is 0.353. The van der Waals surface area contributed by atoms with Crippen molar-refractivity contribution < 1.29 is 4.79 Å². The predicted molar refractivity (Wildman–Crippen MR) is 93.8 cm³/mol. The van der Waals surface area contributed by atoms with Gasteiger partial charge in [-0.15, -0.1) is 0 Å². The Morgan fingerprint density at radius 3 is 2.96 bits per heavy atom. The largest absolute Gasteiger partial charge is 0.340 e. The van der Waals surface area contributed by atoms with Crippen molar-refractivity contribution in [3.8, 4) is 0 Å². The minimum atomic E-state index is -0.141. The Bertz CT molecular complexity index is 869. The van der Waals surface area contributed by atoms with Gasteiger partial charge in [0.2, 0.25) is 5.91 Å². The van der Waals surface area contributed by atoms with E-state index in [1.807, 2.05) is 38.4 Å². The van der Waals surface area contributed by atoms with Crippen LogP contribution in [0.2, 0.25) is 5.02 Å². The molecule has 0 aliphatic rings. The van der Waals surface area contributed by atoms with E-state index < -0.39 is 0 Å². The summed E-state index contributed by atoms with van der Waals surface area (Å²) in [6, 6.07) is 5.37. The van der Waals surface area contributed by atoms with E-state index in [0.717, 1.165) is 22.4 Å². The van der Waals surface area contributed by atoms with Crippen molar-refractivity contribution >= 4 is 28.5 Å². The standard InChI is InChI=1S/C17H20ClN5O/c1-11(17-20-14-6-5-13(18)8-15(14)21-17)23(3)16(24)7-4-12-9-19-22(2)10-12/h5-6,8-11H,4,7H2,1-3H3,(H,20,21). The summed E-state index contributed by atoms with van der Waals surface area (Å²) in [6.45, 7) is 1.96. The molecule has 1 N–H and O–H groups in total. The van der Waals surface area contributed by atoms with Gasteiger partial charge in [-0.2, -0.15) is 5.10 Å². The Balaban J connectivity index is 1.67. The van der Waals surface area contributed by atoms with E-state index in [4.69, 9.17) is 11.6 Å². The van der Waals surface area contributed by atoms with Crippen molar-refractivity contribution in [2.45, 2.75) is 25.8 Å². The molecule has 1 amide bonds. The predicted octanol–water partition coefficient (Wildman–Crippen LogP) is 3.10. The van der Waals surface area contributed by atoms with Crippen LogP contribution in [0.5, 0.6) is 0 Å². The fourth-order valence-corrected chi connectivity index (χ4v) is 2.80. The summed E-state index contributed by atoms with van der Waals surface area (Å²) >= 11 is 6.00. The Morgan fingerprint density at radius 1 is 1.46 bits per heavy atom. The molecule has 2 heterocycles. The van der Waals surface area contributed by atoms with Crippen LogP contribution in [0.1, 0.15) is 30.8 Å². The molecule has 1 atom stereocenters. The lowest BCUT2D eigenvalue weighted by atomic mass is 10.1. The second-order valence-electron chi connectivity index (χ2n) is 5.99. The van der Waals surface area contributed by atoms with Crippen molar-refractivity contribution in [3.05, 3.63) is 47.0 Å². The minimum absolute atomic E-state index is 0.0739. The number of fused-ring (bicyclic) bond motifs is 1. The molecular weight excluding hydrogens is 326 g/mol. The van der Waals surface area contributed by atoms with Gasteiger partial charge in [-0.05, 0) is 37.1 Å². The van der Waals surface area contributed by atoms with E-state index in [1.54, 1.807) is 22.8 Å². The topological polar surface area (TPSA) is 66.8 Å². The van der Waals surface area contributed by atoms with Gasteiger partial charge in [0.1, 0.15) is 5.82 Å². The quantitative estimate of drug-likeness (QED) is 0.772. The van der Waals surface area contributed by atoms with Crippen molar-refractivity contribution in [1.82, 2.24) is 24.6 Å². The number of halogens is 1. The van der Waals surface area contributed by atoms with Gasteiger partial charge in [0.05, 0.1) is 23.3 Å². The molecule has 3 rings (SSSR count). The number of nitrogens with one attached hydrogen (secondary N) is 1. The fourth-order valence-electron chi connectivity index (χ4n) is 2.63. The lowest BCUT2D eigenvalue weighted by molar-refractivity contribution is -0.131. The van der Waals surface area contributed by atoms with Crippen molar-refractivity contribution in [2.24, 2.45) is 7.05 Å². The van der Waals surface area contributed by atoms with Crippen LogP contribution in [-0.2, 0) is 18.3 Å². The first kappa shape index (κ1) is 16.5. The van der Waals surface area contributed by atoms with Gasteiger partial charge in [0, 0.05) is 31.7 Å². The maximum absolute atomic E-state index is 12.4. The van der Waals surface area contributed by atoms with Gasteiger partial charge in [-0.3, -0.25) is 9.48 Å². The monoisotopic (exact) mass is 345 g/mol. The van der Waals surface area contributed by atoms with Gasteiger partial charge >= 0.3 is 0 Å².